The summed E-state index contributed by atoms with van der Waals surface area (Å²) in [6.45, 7) is -0.0401. The molecule has 0 bridgehead atoms. The molecule has 4 N–H and O–H groups in total. The van der Waals surface area contributed by atoms with Crippen molar-refractivity contribution in [3.05, 3.63) is 50.1 Å². The highest BCUT2D eigenvalue weighted by Crippen LogP contribution is 2.17. The second-order valence-corrected chi connectivity index (χ2v) is 5.93. The number of halogens is 1. The number of aliphatic hydroxyl groups is 1. The van der Waals surface area contributed by atoms with Crippen LogP contribution in [0.2, 0.25) is 5.02 Å². The highest BCUT2D eigenvalue weighted by molar-refractivity contribution is 6.30. The van der Waals surface area contributed by atoms with Crippen LogP contribution in [0.4, 0.5) is 5.95 Å². The zero-order chi connectivity index (χ0) is 18.1. The minimum absolute atomic E-state index is 0.0167. The lowest BCUT2D eigenvalue weighted by Gasteiger charge is -2.14. The smallest absolute Gasteiger partial charge is 0.329 e. The van der Waals surface area contributed by atoms with Crippen LogP contribution in [0.5, 0.6) is 5.75 Å². The van der Waals surface area contributed by atoms with Gasteiger partial charge in [0.1, 0.15) is 18.5 Å². The molecule has 2 heterocycles. The van der Waals surface area contributed by atoms with Crippen LogP contribution in [0.3, 0.4) is 0 Å². The second-order valence-electron chi connectivity index (χ2n) is 5.49. The van der Waals surface area contributed by atoms with Gasteiger partial charge in [0, 0.05) is 12.1 Å². The number of H-pyrrole nitrogens is 1. The standard InChI is InChI=1S/C15H16ClN5O4/c1-20-12-11(13(23)19-15(20)24)21(14(17)18-12)6-9(22)7-25-10-4-2-8(16)3-5-10/h2-5,9,22H,6-7H2,1H3,(H2,17,18)(H,19,23,24)/t9-/m1/s1. The predicted molar refractivity (Wildman–Crippen MR) is 93.0 cm³/mol. The summed E-state index contributed by atoms with van der Waals surface area (Å²) in [5, 5.41) is 10.8. The fourth-order valence-electron chi connectivity index (χ4n) is 2.42. The van der Waals surface area contributed by atoms with Crippen LogP contribution in [-0.2, 0) is 13.6 Å². The molecule has 1 atom stereocenters. The van der Waals surface area contributed by atoms with E-state index in [1.165, 1.54) is 16.2 Å². The number of nitrogens with zero attached hydrogens (tertiary/aromatic N) is 3. The molecule has 0 spiro atoms. The number of aliphatic hydroxyl groups excluding tert-OH is 1. The lowest BCUT2D eigenvalue weighted by atomic mass is 10.3. The normalized spacial score (nSPS) is 12.4. The maximum atomic E-state index is 12.1. The molecular weight excluding hydrogens is 350 g/mol. The summed E-state index contributed by atoms with van der Waals surface area (Å²) in [4.78, 5) is 29.9. The summed E-state index contributed by atoms with van der Waals surface area (Å²) in [5.74, 6) is 0.569. The third-order valence-corrected chi connectivity index (χ3v) is 3.94. The van der Waals surface area contributed by atoms with E-state index in [1.807, 2.05) is 0 Å². The van der Waals surface area contributed by atoms with E-state index < -0.39 is 17.4 Å². The molecular formula is C15H16ClN5O4. The topological polar surface area (TPSA) is 128 Å². The fourth-order valence-corrected chi connectivity index (χ4v) is 2.55. The van der Waals surface area contributed by atoms with Crippen LogP contribution >= 0.6 is 11.6 Å². The van der Waals surface area contributed by atoms with Crippen molar-refractivity contribution in [1.82, 2.24) is 19.1 Å². The van der Waals surface area contributed by atoms with Crippen LogP contribution in [-0.4, -0.2) is 36.9 Å². The molecule has 3 aromatic rings. The number of benzene rings is 1. The number of aromatic nitrogens is 4. The second kappa shape index (κ2) is 6.61. The lowest BCUT2D eigenvalue weighted by molar-refractivity contribution is 0.0939. The van der Waals surface area contributed by atoms with Gasteiger partial charge >= 0.3 is 5.69 Å². The number of nitrogens with one attached hydrogen (secondary N) is 1. The number of nitrogen functional groups attached to an aromatic ring is 1. The Morgan fingerprint density at radius 3 is 2.72 bits per heavy atom. The molecule has 0 aliphatic carbocycles. The van der Waals surface area contributed by atoms with Gasteiger partial charge in [-0.05, 0) is 24.3 Å². The van der Waals surface area contributed by atoms with Crippen LogP contribution in [0, 0.1) is 0 Å². The van der Waals surface area contributed by atoms with Crippen molar-refractivity contribution in [1.29, 1.82) is 0 Å². The Balaban J connectivity index is 1.81. The number of hydrogen-bond acceptors (Lipinski definition) is 6. The molecule has 132 valence electrons. The van der Waals surface area contributed by atoms with E-state index in [0.29, 0.717) is 10.8 Å². The molecule has 0 saturated heterocycles. The van der Waals surface area contributed by atoms with Crippen molar-refractivity contribution >= 4 is 28.7 Å². The SMILES string of the molecule is Cn1c(=O)[nH]c(=O)c2c1nc(N)n2C[C@@H](O)COc1ccc(Cl)cc1. The molecule has 0 fully saturated rings. The summed E-state index contributed by atoms with van der Waals surface area (Å²) >= 11 is 5.79. The molecule has 3 rings (SSSR count). The minimum Gasteiger partial charge on any atom is -0.491 e. The number of fused-ring (bicyclic) bond motifs is 1. The number of ether oxygens (including phenoxy) is 1. The van der Waals surface area contributed by atoms with Crippen molar-refractivity contribution < 1.29 is 9.84 Å². The van der Waals surface area contributed by atoms with Crippen molar-refractivity contribution in [2.45, 2.75) is 12.6 Å². The number of nitrogens with two attached hydrogens (primary N) is 1. The number of hydrogen-bond donors (Lipinski definition) is 3. The Bertz CT molecular complexity index is 1020. The lowest BCUT2D eigenvalue weighted by Crippen LogP contribution is -2.30. The highest BCUT2D eigenvalue weighted by Gasteiger charge is 2.18. The summed E-state index contributed by atoms with van der Waals surface area (Å²) in [6.07, 6.45) is -0.952. The van der Waals surface area contributed by atoms with Gasteiger partial charge in [-0.1, -0.05) is 11.6 Å². The van der Waals surface area contributed by atoms with Crippen molar-refractivity contribution in [3.63, 3.8) is 0 Å². The average molecular weight is 366 g/mol. The molecule has 1 aromatic carbocycles. The molecule has 0 aliphatic rings. The minimum atomic E-state index is -0.952. The molecule has 0 saturated carbocycles. The maximum Gasteiger partial charge on any atom is 0.329 e. The first-order valence-electron chi connectivity index (χ1n) is 7.38. The Hall–Kier alpha value is -2.78. The first-order chi connectivity index (χ1) is 11.9. The van der Waals surface area contributed by atoms with E-state index in [2.05, 4.69) is 9.97 Å². The first-order valence-corrected chi connectivity index (χ1v) is 7.76. The monoisotopic (exact) mass is 365 g/mol. The van der Waals surface area contributed by atoms with E-state index in [1.54, 1.807) is 24.3 Å². The quantitative estimate of drug-likeness (QED) is 0.588. The third kappa shape index (κ3) is 3.37. The van der Waals surface area contributed by atoms with Crippen molar-refractivity contribution in [3.8, 4) is 5.75 Å². The summed E-state index contributed by atoms with van der Waals surface area (Å²) in [7, 11) is 1.47. The van der Waals surface area contributed by atoms with E-state index >= 15 is 0 Å². The van der Waals surface area contributed by atoms with Gasteiger partial charge in [-0.3, -0.25) is 14.3 Å². The van der Waals surface area contributed by atoms with E-state index in [9.17, 15) is 14.7 Å². The molecule has 0 amide bonds. The molecule has 10 heteroatoms. The first kappa shape index (κ1) is 17.1. The van der Waals surface area contributed by atoms with Gasteiger partial charge < -0.3 is 20.1 Å². The summed E-state index contributed by atoms with van der Waals surface area (Å²) < 4.78 is 8.00. The van der Waals surface area contributed by atoms with Gasteiger partial charge in [0.25, 0.3) is 5.56 Å². The van der Waals surface area contributed by atoms with Gasteiger partial charge in [0.05, 0.1) is 6.54 Å². The van der Waals surface area contributed by atoms with Crippen LogP contribution < -0.4 is 21.7 Å². The number of aryl methyl sites for hydroxylation is 1. The molecule has 25 heavy (non-hydrogen) atoms. The number of anilines is 1. The van der Waals surface area contributed by atoms with Crippen LogP contribution in [0.1, 0.15) is 0 Å². The van der Waals surface area contributed by atoms with Gasteiger partial charge in [-0.25, -0.2) is 4.79 Å². The molecule has 0 aliphatic heterocycles. The number of imidazole rings is 1. The molecule has 0 radical (unpaired) electrons. The van der Waals surface area contributed by atoms with Gasteiger partial charge in [0.2, 0.25) is 5.95 Å². The Labute approximate surface area is 146 Å². The zero-order valence-electron chi connectivity index (χ0n) is 13.3. The van der Waals surface area contributed by atoms with E-state index in [4.69, 9.17) is 22.1 Å². The zero-order valence-corrected chi connectivity index (χ0v) is 14.0. The van der Waals surface area contributed by atoms with E-state index in [0.717, 1.165) is 0 Å². The summed E-state index contributed by atoms with van der Waals surface area (Å²) in [5.41, 5.74) is 4.89. The number of aromatic amines is 1. The summed E-state index contributed by atoms with van der Waals surface area (Å²) in [6, 6.07) is 6.70. The van der Waals surface area contributed by atoms with Crippen LogP contribution in [0.15, 0.2) is 33.9 Å². The highest BCUT2D eigenvalue weighted by atomic mass is 35.5. The van der Waals surface area contributed by atoms with Gasteiger partial charge in [-0.15, -0.1) is 0 Å². The predicted octanol–water partition coefficient (Wildman–Crippen LogP) is 0.0988. The molecule has 9 nitrogen and oxygen atoms in total. The Morgan fingerprint density at radius 1 is 1.36 bits per heavy atom. The largest absolute Gasteiger partial charge is 0.491 e. The number of rotatable bonds is 5. The molecule has 0 unspecified atom stereocenters. The third-order valence-electron chi connectivity index (χ3n) is 3.69. The van der Waals surface area contributed by atoms with Crippen molar-refractivity contribution in [2.24, 2.45) is 7.05 Å². The van der Waals surface area contributed by atoms with E-state index in [-0.39, 0.29) is 30.3 Å². The molecule has 2 aromatic heterocycles. The van der Waals surface area contributed by atoms with Gasteiger partial charge in [0.15, 0.2) is 11.2 Å². The maximum absolute atomic E-state index is 12.1. The van der Waals surface area contributed by atoms with Crippen molar-refractivity contribution in [2.75, 3.05) is 12.3 Å². The fraction of sp³-hybridized carbons (Fsp3) is 0.267. The average Bonchev–Trinajstić information content (AvgIpc) is 2.89. The van der Waals surface area contributed by atoms with Crippen LogP contribution in [0.25, 0.3) is 11.2 Å². The Morgan fingerprint density at radius 2 is 2.04 bits per heavy atom. The van der Waals surface area contributed by atoms with Gasteiger partial charge in [-0.2, -0.15) is 4.98 Å². The Kier molecular flexibility index (Phi) is 4.51.